The minimum Gasteiger partial charge on any atom is -0.381 e. The second-order valence-corrected chi connectivity index (χ2v) is 6.50. The van der Waals surface area contributed by atoms with Gasteiger partial charge in [0.1, 0.15) is 0 Å². The Balaban J connectivity index is 1.58. The molecule has 0 aromatic heterocycles. The van der Waals surface area contributed by atoms with Crippen molar-refractivity contribution in [3.05, 3.63) is 34.9 Å². The van der Waals surface area contributed by atoms with E-state index in [0.29, 0.717) is 13.0 Å². The van der Waals surface area contributed by atoms with Crippen molar-refractivity contribution in [3.8, 4) is 0 Å². The van der Waals surface area contributed by atoms with Gasteiger partial charge in [-0.2, -0.15) is 0 Å². The van der Waals surface area contributed by atoms with Crippen molar-refractivity contribution in [2.24, 2.45) is 5.92 Å². The summed E-state index contributed by atoms with van der Waals surface area (Å²) in [6, 6.07) is 7.78. The zero-order valence-electron chi connectivity index (χ0n) is 12.8. The molecule has 0 bridgehead atoms. The first kappa shape index (κ1) is 15.8. The molecule has 0 radical (unpaired) electrons. The van der Waals surface area contributed by atoms with Gasteiger partial charge in [0, 0.05) is 31.3 Å². The van der Waals surface area contributed by atoms with E-state index in [2.05, 4.69) is 5.32 Å². The Morgan fingerprint density at radius 2 is 2.18 bits per heavy atom. The molecule has 22 heavy (non-hydrogen) atoms. The van der Waals surface area contributed by atoms with Crippen LogP contribution in [0.5, 0.6) is 0 Å². The van der Waals surface area contributed by atoms with Crippen molar-refractivity contribution in [1.82, 2.24) is 10.2 Å². The van der Waals surface area contributed by atoms with Gasteiger partial charge in [0.25, 0.3) is 0 Å². The van der Waals surface area contributed by atoms with Gasteiger partial charge in [0.2, 0.25) is 5.91 Å². The third-order valence-corrected chi connectivity index (χ3v) is 4.68. The molecule has 120 valence electrons. The monoisotopic (exact) mass is 322 g/mol. The Hall–Kier alpha value is -1.10. The maximum atomic E-state index is 12.5. The van der Waals surface area contributed by atoms with Gasteiger partial charge in [-0.05, 0) is 30.4 Å². The molecular formula is C17H23ClN2O2. The van der Waals surface area contributed by atoms with E-state index in [9.17, 15) is 4.79 Å². The van der Waals surface area contributed by atoms with Crippen molar-refractivity contribution < 1.29 is 9.53 Å². The lowest BCUT2D eigenvalue weighted by atomic mass is 10.0. The second-order valence-electron chi connectivity index (χ2n) is 6.10. The van der Waals surface area contributed by atoms with Gasteiger partial charge in [0.05, 0.1) is 19.1 Å². The van der Waals surface area contributed by atoms with E-state index in [1.165, 1.54) is 12.8 Å². The first-order valence-corrected chi connectivity index (χ1v) is 8.46. The smallest absolute Gasteiger partial charge is 0.225 e. The van der Waals surface area contributed by atoms with Crippen LogP contribution in [0, 0.1) is 5.92 Å². The lowest BCUT2D eigenvalue weighted by Gasteiger charge is -2.37. The van der Waals surface area contributed by atoms with Crippen LogP contribution < -0.4 is 5.32 Å². The molecule has 1 aromatic rings. The SMILES string of the molecule is O=C(CCOCC1CC1)N1CCNCC1c1ccccc1Cl. The van der Waals surface area contributed by atoms with E-state index in [1.807, 2.05) is 29.2 Å². The average Bonchev–Trinajstić information content (AvgIpc) is 3.36. The normalized spacial score (nSPS) is 21.9. The van der Waals surface area contributed by atoms with Gasteiger partial charge < -0.3 is 15.0 Å². The molecule has 1 heterocycles. The molecule has 1 saturated carbocycles. The molecule has 1 aliphatic carbocycles. The van der Waals surface area contributed by atoms with Crippen LogP contribution in [0.15, 0.2) is 24.3 Å². The van der Waals surface area contributed by atoms with Crippen molar-refractivity contribution in [2.45, 2.75) is 25.3 Å². The minimum atomic E-state index is 0.0124. The Morgan fingerprint density at radius 1 is 1.36 bits per heavy atom. The number of hydrogen-bond acceptors (Lipinski definition) is 3. The Labute approximate surface area is 136 Å². The van der Waals surface area contributed by atoms with Gasteiger partial charge in [-0.1, -0.05) is 29.8 Å². The summed E-state index contributed by atoms with van der Waals surface area (Å²) in [4.78, 5) is 14.5. The molecule has 1 amide bonds. The number of piperazine rings is 1. The lowest BCUT2D eigenvalue weighted by molar-refractivity contribution is -0.135. The third kappa shape index (κ3) is 4.00. The average molecular weight is 323 g/mol. The summed E-state index contributed by atoms with van der Waals surface area (Å²) >= 11 is 6.31. The number of rotatable bonds is 6. The van der Waals surface area contributed by atoms with E-state index >= 15 is 0 Å². The number of amides is 1. The first-order valence-electron chi connectivity index (χ1n) is 8.08. The molecule has 3 rings (SSSR count). The molecule has 1 unspecified atom stereocenters. The highest BCUT2D eigenvalue weighted by atomic mass is 35.5. The topological polar surface area (TPSA) is 41.6 Å². The first-order chi connectivity index (χ1) is 10.8. The second kappa shape index (κ2) is 7.44. The van der Waals surface area contributed by atoms with Crippen LogP contribution in [-0.2, 0) is 9.53 Å². The molecule has 2 aliphatic rings. The quantitative estimate of drug-likeness (QED) is 0.819. The summed E-state index contributed by atoms with van der Waals surface area (Å²) in [5.74, 6) is 0.896. The van der Waals surface area contributed by atoms with Crippen molar-refractivity contribution >= 4 is 17.5 Å². The number of ether oxygens (including phenoxy) is 1. The van der Waals surface area contributed by atoms with Gasteiger partial charge in [-0.3, -0.25) is 4.79 Å². The minimum absolute atomic E-state index is 0.0124. The maximum Gasteiger partial charge on any atom is 0.225 e. The molecule has 1 saturated heterocycles. The maximum absolute atomic E-state index is 12.5. The van der Waals surface area contributed by atoms with Crippen LogP contribution in [-0.4, -0.2) is 43.7 Å². The number of hydrogen-bond donors (Lipinski definition) is 1. The van der Waals surface area contributed by atoms with Crippen LogP contribution in [0.4, 0.5) is 0 Å². The fourth-order valence-electron chi connectivity index (χ4n) is 2.86. The summed E-state index contributed by atoms with van der Waals surface area (Å²) in [5.41, 5.74) is 1.02. The number of benzene rings is 1. The largest absolute Gasteiger partial charge is 0.381 e. The highest BCUT2D eigenvalue weighted by Crippen LogP contribution is 2.30. The number of nitrogens with one attached hydrogen (secondary N) is 1. The molecular weight excluding hydrogens is 300 g/mol. The Bertz CT molecular complexity index is 519. The summed E-state index contributed by atoms with van der Waals surface area (Å²) in [6.45, 7) is 3.63. The zero-order chi connectivity index (χ0) is 15.4. The van der Waals surface area contributed by atoms with E-state index in [-0.39, 0.29) is 11.9 Å². The van der Waals surface area contributed by atoms with Gasteiger partial charge in [0.15, 0.2) is 0 Å². The lowest BCUT2D eigenvalue weighted by Crippen LogP contribution is -2.49. The van der Waals surface area contributed by atoms with Gasteiger partial charge >= 0.3 is 0 Å². The standard InChI is InChI=1S/C17H23ClN2O2/c18-15-4-2-1-3-14(15)16-11-19-8-9-20(16)17(21)7-10-22-12-13-5-6-13/h1-4,13,16,19H,5-12H2. The summed E-state index contributed by atoms with van der Waals surface area (Å²) in [6.07, 6.45) is 3.01. The molecule has 5 heteroatoms. The summed E-state index contributed by atoms with van der Waals surface area (Å²) in [7, 11) is 0. The van der Waals surface area contributed by atoms with Crippen molar-refractivity contribution in [1.29, 1.82) is 0 Å². The molecule has 1 N–H and O–H groups in total. The molecule has 4 nitrogen and oxygen atoms in total. The van der Waals surface area contributed by atoms with E-state index < -0.39 is 0 Å². The van der Waals surface area contributed by atoms with Crippen LogP contribution in [0.2, 0.25) is 5.02 Å². The number of carbonyl (C=O) groups excluding carboxylic acids is 1. The predicted octanol–water partition coefficient (Wildman–Crippen LogP) is 2.63. The third-order valence-electron chi connectivity index (χ3n) is 4.34. The molecule has 1 aliphatic heterocycles. The van der Waals surface area contributed by atoms with E-state index in [4.69, 9.17) is 16.3 Å². The number of nitrogens with zero attached hydrogens (tertiary/aromatic N) is 1. The fourth-order valence-corrected chi connectivity index (χ4v) is 3.13. The molecule has 1 aromatic carbocycles. The van der Waals surface area contributed by atoms with Crippen LogP contribution >= 0.6 is 11.6 Å². The van der Waals surface area contributed by atoms with E-state index in [1.54, 1.807) is 0 Å². The Morgan fingerprint density at radius 3 is 2.95 bits per heavy atom. The summed E-state index contributed by atoms with van der Waals surface area (Å²) in [5, 5.41) is 4.07. The molecule has 2 fully saturated rings. The van der Waals surface area contributed by atoms with Crippen LogP contribution in [0.3, 0.4) is 0 Å². The Kier molecular flexibility index (Phi) is 5.34. The zero-order valence-corrected chi connectivity index (χ0v) is 13.5. The fraction of sp³-hybridized carbons (Fsp3) is 0.588. The van der Waals surface area contributed by atoms with Crippen molar-refractivity contribution in [3.63, 3.8) is 0 Å². The van der Waals surface area contributed by atoms with Gasteiger partial charge in [-0.25, -0.2) is 0 Å². The summed E-state index contributed by atoms with van der Waals surface area (Å²) < 4.78 is 5.59. The highest BCUT2D eigenvalue weighted by molar-refractivity contribution is 6.31. The molecule has 0 spiro atoms. The van der Waals surface area contributed by atoms with Gasteiger partial charge in [-0.15, -0.1) is 0 Å². The highest BCUT2D eigenvalue weighted by Gasteiger charge is 2.29. The van der Waals surface area contributed by atoms with Crippen molar-refractivity contribution in [2.75, 3.05) is 32.8 Å². The molecule has 1 atom stereocenters. The predicted molar refractivity (Wildman–Crippen MR) is 86.9 cm³/mol. The van der Waals surface area contributed by atoms with Crippen LogP contribution in [0.25, 0.3) is 0 Å². The van der Waals surface area contributed by atoms with Crippen LogP contribution in [0.1, 0.15) is 30.9 Å². The van der Waals surface area contributed by atoms with E-state index in [0.717, 1.165) is 42.7 Å². The number of halogens is 1. The number of carbonyl (C=O) groups is 1.